The van der Waals surface area contributed by atoms with Gasteiger partial charge in [0, 0.05) is 0 Å². The van der Waals surface area contributed by atoms with Gasteiger partial charge in [-0.3, -0.25) is 4.74 Å². The first kappa shape index (κ1) is 13.0. The van der Waals surface area contributed by atoms with E-state index >= 15 is 0 Å². The van der Waals surface area contributed by atoms with E-state index in [0.29, 0.717) is 0 Å². The summed E-state index contributed by atoms with van der Waals surface area (Å²) in [6, 6.07) is 0. The molecule has 9 heteroatoms. The maximum Gasteiger partial charge on any atom is 0.353 e. The van der Waals surface area contributed by atoms with E-state index < -0.39 is 24.5 Å². The lowest BCUT2D eigenvalue weighted by molar-refractivity contribution is -0.200. The van der Waals surface area contributed by atoms with E-state index in [1.165, 1.54) is 0 Å². The molecule has 0 N–H and O–H groups in total. The highest BCUT2D eigenvalue weighted by Crippen LogP contribution is 2.35. The molecule has 0 fully saturated rings. The van der Waals surface area contributed by atoms with E-state index in [0.717, 1.165) is 0 Å². The van der Waals surface area contributed by atoms with Gasteiger partial charge in [0.25, 0.3) is 0 Å². The molecule has 0 saturated heterocycles. The van der Waals surface area contributed by atoms with E-state index in [9.17, 15) is 9.59 Å². The Morgan fingerprint density at radius 2 is 1.18 bits per heavy atom. The van der Waals surface area contributed by atoms with Gasteiger partial charge in [-0.25, -0.2) is 9.59 Å². The van der Waals surface area contributed by atoms with Crippen molar-refractivity contribution in [2.45, 2.75) is 12.6 Å². The number of hydrogen-bond acceptors (Lipinski definition) is 5. The van der Waals surface area contributed by atoms with Crippen molar-refractivity contribution in [2.24, 2.45) is 0 Å². The van der Waals surface area contributed by atoms with Crippen LogP contribution in [0.5, 0.6) is 0 Å². The largest absolute Gasteiger partial charge is 0.426 e. The highest BCUT2D eigenvalue weighted by atomic mass is 35.5. The molecule has 0 aromatic heterocycles. The van der Waals surface area contributed by atoms with Crippen LogP contribution in [0.2, 0.25) is 0 Å². The molecule has 0 spiro atoms. The van der Waals surface area contributed by atoms with Crippen molar-refractivity contribution in [1.82, 2.24) is 0 Å². The average Bonchev–Trinajstić information content (AvgIpc) is 2.66. The summed E-state index contributed by atoms with van der Waals surface area (Å²) in [4.78, 5) is 22.0. The van der Waals surface area contributed by atoms with E-state index in [2.05, 4.69) is 9.47 Å². The number of rotatable bonds is 2. The number of cyclic esters (lactones) is 2. The van der Waals surface area contributed by atoms with Crippen molar-refractivity contribution in [3.63, 3.8) is 0 Å². The molecule has 0 bridgehead atoms. The summed E-state index contributed by atoms with van der Waals surface area (Å²) in [5.74, 6) is -1.67. The lowest BCUT2D eigenvalue weighted by atomic mass is 10.5. The normalized spacial score (nSPS) is 28.9. The van der Waals surface area contributed by atoms with Crippen molar-refractivity contribution < 1.29 is 23.8 Å². The van der Waals surface area contributed by atoms with E-state index in [4.69, 9.17) is 51.1 Å². The fourth-order valence-electron chi connectivity index (χ4n) is 1.09. The zero-order valence-corrected chi connectivity index (χ0v) is 10.7. The molecule has 0 unspecified atom stereocenters. The average molecular weight is 320 g/mol. The highest BCUT2D eigenvalue weighted by Gasteiger charge is 2.40. The van der Waals surface area contributed by atoms with Crippen LogP contribution in [-0.4, -0.2) is 24.5 Å². The molecule has 17 heavy (non-hydrogen) atoms. The number of ether oxygens (including phenoxy) is 3. The maximum atomic E-state index is 11.0. The van der Waals surface area contributed by atoms with E-state index in [1.807, 2.05) is 0 Å². The molecule has 0 aromatic carbocycles. The Bertz CT molecular complexity index is 427. The monoisotopic (exact) mass is 318 g/mol. The standard InChI is InChI=1S/C8H2Cl4O5/c9-1-3(11)7(15-5(1)13)17-8-4(12)2(10)6(14)16-8/h7-8H/t7-,8-/m1/s1. The number of hydrogen-bond donors (Lipinski definition) is 0. The first-order chi connectivity index (χ1) is 7.91. The Morgan fingerprint density at radius 1 is 0.824 bits per heavy atom. The molecule has 2 aliphatic heterocycles. The fourth-order valence-corrected chi connectivity index (χ4v) is 1.70. The number of esters is 2. The highest BCUT2D eigenvalue weighted by molar-refractivity contribution is 6.49. The van der Waals surface area contributed by atoms with Gasteiger partial charge in [-0.15, -0.1) is 0 Å². The van der Waals surface area contributed by atoms with Gasteiger partial charge in [0.2, 0.25) is 12.6 Å². The second-order valence-corrected chi connectivity index (χ2v) is 4.50. The lowest BCUT2D eigenvalue weighted by Crippen LogP contribution is -2.24. The van der Waals surface area contributed by atoms with Crippen LogP contribution in [0.25, 0.3) is 0 Å². The van der Waals surface area contributed by atoms with Crippen LogP contribution in [0.4, 0.5) is 0 Å². The SMILES string of the molecule is O=C1O[C@H](O[C@H]2OC(=O)C(Cl)=C2Cl)C(Cl)=C1Cl. The predicted octanol–water partition coefficient (Wildman–Crippen LogP) is 2.15. The van der Waals surface area contributed by atoms with Crippen LogP contribution in [-0.2, 0) is 23.8 Å². The van der Waals surface area contributed by atoms with Crippen LogP contribution in [0.3, 0.4) is 0 Å². The van der Waals surface area contributed by atoms with Gasteiger partial charge in [0.1, 0.15) is 20.1 Å². The van der Waals surface area contributed by atoms with Crippen molar-refractivity contribution in [3.05, 3.63) is 20.1 Å². The number of carbonyl (C=O) groups is 2. The van der Waals surface area contributed by atoms with Crippen LogP contribution in [0.15, 0.2) is 20.1 Å². The van der Waals surface area contributed by atoms with E-state index in [-0.39, 0.29) is 20.1 Å². The van der Waals surface area contributed by atoms with Gasteiger partial charge in [-0.05, 0) is 0 Å². The number of carbonyl (C=O) groups excluding carboxylic acids is 2. The number of halogens is 4. The van der Waals surface area contributed by atoms with Crippen LogP contribution >= 0.6 is 46.4 Å². The quantitative estimate of drug-likeness (QED) is 0.730. The van der Waals surface area contributed by atoms with Gasteiger partial charge >= 0.3 is 11.9 Å². The Morgan fingerprint density at radius 3 is 1.41 bits per heavy atom. The fraction of sp³-hybridized carbons (Fsp3) is 0.250. The summed E-state index contributed by atoms with van der Waals surface area (Å²) in [5, 5.41) is -0.903. The third kappa shape index (κ3) is 2.26. The zero-order chi connectivity index (χ0) is 12.7. The minimum Gasteiger partial charge on any atom is -0.426 e. The second-order valence-electron chi connectivity index (χ2n) is 2.93. The summed E-state index contributed by atoms with van der Waals surface area (Å²) < 4.78 is 14.3. The van der Waals surface area contributed by atoms with Crippen LogP contribution in [0.1, 0.15) is 0 Å². The molecule has 2 heterocycles. The molecule has 0 amide bonds. The molecule has 5 nitrogen and oxygen atoms in total. The minimum atomic E-state index is -1.27. The van der Waals surface area contributed by atoms with Crippen LogP contribution in [0, 0.1) is 0 Å². The first-order valence-electron chi connectivity index (χ1n) is 4.09. The first-order valence-corrected chi connectivity index (χ1v) is 5.60. The molecule has 2 aliphatic rings. The lowest BCUT2D eigenvalue weighted by Gasteiger charge is -2.16. The molecule has 0 aromatic rings. The zero-order valence-electron chi connectivity index (χ0n) is 7.71. The van der Waals surface area contributed by atoms with Crippen LogP contribution < -0.4 is 0 Å². The van der Waals surface area contributed by atoms with Crippen molar-refractivity contribution in [3.8, 4) is 0 Å². The minimum absolute atomic E-state index is 0.153. The third-order valence-electron chi connectivity index (χ3n) is 1.87. The molecule has 0 saturated carbocycles. The Hall–Kier alpha value is -0.460. The van der Waals surface area contributed by atoms with Gasteiger partial charge < -0.3 is 9.47 Å². The molecule has 2 rings (SSSR count). The molecule has 0 radical (unpaired) electrons. The molecule has 0 aliphatic carbocycles. The van der Waals surface area contributed by atoms with Crippen molar-refractivity contribution >= 4 is 58.3 Å². The summed E-state index contributed by atoms with van der Waals surface area (Å²) in [5.41, 5.74) is 0. The Labute approximate surface area is 115 Å². The van der Waals surface area contributed by atoms with Gasteiger partial charge in [-0.1, -0.05) is 46.4 Å². The molecular weight excluding hydrogens is 318 g/mol. The van der Waals surface area contributed by atoms with Crippen molar-refractivity contribution in [2.75, 3.05) is 0 Å². The van der Waals surface area contributed by atoms with E-state index in [1.54, 1.807) is 0 Å². The summed E-state index contributed by atoms with van der Waals surface area (Å²) in [6.07, 6.45) is -2.54. The summed E-state index contributed by atoms with van der Waals surface area (Å²) in [7, 11) is 0. The molecule has 92 valence electrons. The van der Waals surface area contributed by atoms with Gasteiger partial charge in [-0.2, -0.15) is 0 Å². The second kappa shape index (κ2) is 4.66. The smallest absolute Gasteiger partial charge is 0.353 e. The summed E-state index contributed by atoms with van der Waals surface area (Å²) in [6.45, 7) is 0. The van der Waals surface area contributed by atoms with Crippen molar-refractivity contribution in [1.29, 1.82) is 0 Å². The Balaban J connectivity index is 2.11. The topological polar surface area (TPSA) is 61.8 Å². The molecule has 2 atom stereocenters. The summed E-state index contributed by atoms with van der Waals surface area (Å²) >= 11 is 22.3. The maximum absolute atomic E-state index is 11.0. The molecular formula is C8H2Cl4O5. The predicted molar refractivity (Wildman–Crippen MR) is 58.3 cm³/mol. The van der Waals surface area contributed by atoms with Gasteiger partial charge in [0.15, 0.2) is 0 Å². The third-order valence-corrected chi connectivity index (χ3v) is 3.51. The van der Waals surface area contributed by atoms with Gasteiger partial charge in [0.05, 0.1) is 0 Å². The Kier molecular flexibility index (Phi) is 3.56.